The largest absolute Gasteiger partial charge is 0.508 e. The molecule has 2 N–H and O–H groups in total. The third kappa shape index (κ3) is 3.72. The van der Waals surface area contributed by atoms with Crippen molar-refractivity contribution in [3.05, 3.63) is 47.5 Å². The number of anilines is 2. The molecule has 4 amide bonds. The van der Waals surface area contributed by atoms with Crippen LogP contribution in [0.2, 0.25) is 0 Å². The van der Waals surface area contributed by atoms with Gasteiger partial charge in [0.2, 0.25) is 23.6 Å². The summed E-state index contributed by atoms with van der Waals surface area (Å²) in [5, 5.41) is 19.5. The van der Waals surface area contributed by atoms with Gasteiger partial charge in [-0.1, -0.05) is 0 Å². The van der Waals surface area contributed by atoms with Gasteiger partial charge >= 0.3 is 0 Å². The third-order valence-corrected chi connectivity index (χ3v) is 9.44. The quantitative estimate of drug-likeness (QED) is 0.590. The van der Waals surface area contributed by atoms with Crippen LogP contribution >= 0.6 is 0 Å². The van der Waals surface area contributed by atoms with Crippen LogP contribution in [-0.4, -0.2) is 33.8 Å². The summed E-state index contributed by atoms with van der Waals surface area (Å²) >= 11 is 0. The Morgan fingerprint density at radius 2 is 0.947 bits per heavy atom. The highest BCUT2D eigenvalue weighted by atomic mass is 16.3. The number of phenolic OH excluding ortho intramolecular Hbond substituents is 2. The maximum atomic E-state index is 13.5. The number of hydrogen-bond acceptors (Lipinski definition) is 6. The van der Waals surface area contributed by atoms with Crippen LogP contribution in [0.1, 0.15) is 49.7 Å². The van der Waals surface area contributed by atoms with Gasteiger partial charge in [0.1, 0.15) is 11.5 Å². The number of aromatic hydroxyl groups is 2. The lowest BCUT2D eigenvalue weighted by atomic mass is 9.64. The van der Waals surface area contributed by atoms with Crippen LogP contribution in [0.15, 0.2) is 36.4 Å². The predicted octanol–water partition coefficient (Wildman–Crippen LogP) is 4.23. The van der Waals surface area contributed by atoms with Crippen LogP contribution in [0.25, 0.3) is 0 Å². The summed E-state index contributed by atoms with van der Waals surface area (Å²) in [5.41, 5.74) is 2.42. The standard InChI is InChI=1S/C30H32N2O6/c1-15-11-19(33)5-9-25(15)31-27(35)21-7-3-17(13-23(21)29(31)37)18-4-8-22-24(14-18)30(38)32(28(22)36)26-10-6-20(34)12-16(26)2/h5-6,9-12,17-18,21-24,33-34H,3-4,7-8,13-14H2,1-2H3. The van der Waals surface area contributed by atoms with Crippen LogP contribution < -0.4 is 9.80 Å². The van der Waals surface area contributed by atoms with E-state index in [0.717, 1.165) is 12.8 Å². The molecule has 2 heterocycles. The Hall–Kier alpha value is -3.68. The van der Waals surface area contributed by atoms with E-state index in [4.69, 9.17) is 0 Å². The molecule has 4 fully saturated rings. The minimum absolute atomic E-state index is 0.0949. The number of carbonyl (C=O) groups is 4. The first-order valence-electron chi connectivity index (χ1n) is 13.5. The Bertz CT molecular complexity index is 1270. The first kappa shape index (κ1) is 24.6. The Labute approximate surface area is 221 Å². The van der Waals surface area contributed by atoms with Gasteiger partial charge in [0.25, 0.3) is 0 Å². The molecule has 198 valence electrons. The fourth-order valence-corrected chi connectivity index (χ4v) is 7.54. The van der Waals surface area contributed by atoms with Crippen LogP contribution in [0.3, 0.4) is 0 Å². The Kier molecular flexibility index (Phi) is 5.81. The zero-order valence-corrected chi connectivity index (χ0v) is 21.6. The summed E-state index contributed by atoms with van der Waals surface area (Å²) in [6.45, 7) is 3.56. The molecule has 0 aromatic heterocycles. The fraction of sp³-hybridized carbons (Fsp3) is 0.467. The molecule has 2 aliphatic heterocycles. The van der Waals surface area contributed by atoms with Gasteiger partial charge in [0.05, 0.1) is 35.0 Å². The first-order chi connectivity index (χ1) is 18.2. The number of phenols is 2. The van der Waals surface area contributed by atoms with Gasteiger partial charge < -0.3 is 10.2 Å². The molecule has 2 aliphatic carbocycles. The van der Waals surface area contributed by atoms with Gasteiger partial charge in [0, 0.05) is 0 Å². The Morgan fingerprint density at radius 1 is 0.579 bits per heavy atom. The van der Waals surface area contributed by atoms with E-state index in [1.54, 1.807) is 38.1 Å². The topological polar surface area (TPSA) is 115 Å². The maximum Gasteiger partial charge on any atom is 0.237 e. The average molecular weight is 517 g/mol. The fourth-order valence-electron chi connectivity index (χ4n) is 7.54. The average Bonchev–Trinajstić information content (AvgIpc) is 3.28. The molecule has 38 heavy (non-hydrogen) atoms. The van der Waals surface area contributed by atoms with E-state index >= 15 is 0 Å². The maximum absolute atomic E-state index is 13.5. The van der Waals surface area contributed by atoms with E-state index in [2.05, 4.69) is 0 Å². The van der Waals surface area contributed by atoms with Crippen molar-refractivity contribution in [2.75, 3.05) is 9.80 Å². The normalized spacial score (nSPS) is 31.1. The number of fused-ring (bicyclic) bond motifs is 2. The van der Waals surface area contributed by atoms with E-state index in [1.165, 1.54) is 21.9 Å². The number of amides is 4. The first-order valence-corrected chi connectivity index (χ1v) is 13.5. The number of rotatable bonds is 3. The molecule has 0 radical (unpaired) electrons. The van der Waals surface area contributed by atoms with Crippen LogP contribution in [-0.2, 0) is 19.2 Å². The van der Waals surface area contributed by atoms with E-state index in [-0.39, 0.29) is 70.6 Å². The van der Waals surface area contributed by atoms with Gasteiger partial charge in [-0.15, -0.1) is 0 Å². The zero-order chi connectivity index (χ0) is 26.9. The lowest BCUT2D eigenvalue weighted by Gasteiger charge is -2.38. The highest BCUT2D eigenvalue weighted by Crippen LogP contribution is 2.51. The highest BCUT2D eigenvalue weighted by molar-refractivity contribution is 6.23. The number of benzene rings is 2. The molecule has 8 heteroatoms. The highest BCUT2D eigenvalue weighted by Gasteiger charge is 2.55. The minimum atomic E-state index is -0.371. The van der Waals surface area contributed by atoms with Crippen molar-refractivity contribution < 1.29 is 29.4 Å². The molecule has 0 spiro atoms. The molecule has 2 aromatic carbocycles. The molecule has 6 rings (SSSR count). The monoisotopic (exact) mass is 516 g/mol. The zero-order valence-electron chi connectivity index (χ0n) is 21.6. The van der Waals surface area contributed by atoms with Gasteiger partial charge in [-0.3, -0.25) is 19.2 Å². The minimum Gasteiger partial charge on any atom is -0.508 e. The van der Waals surface area contributed by atoms with Crippen LogP contribution in [0.4, 0.5) is 11.4 Å². The Morgan fingerprint density at radius 3 is 1.32 bits per heavy atom. The van der Waals surface area contributed by atoms with Crippen molar-refractivity contribution in [3.63, 3.8) is 0 Å². The summed E-state index contributed by atoms with van der Waals surface area (Å²) in [6.07, 6.45) is 4.18. The summed E-state index contributed by atoms with van der Waals surface area (Å²) in [4.78, 5) is 56.1. The van der Waals surface area contributed by atoms with E-state index in [0.29, 0.717) is 48.2 Å². The molecular weight excluding hydrogens is 484 g/mol. The van der Waals surface area contributed by atoms with Gasteiger partial charge in [-0.05, 0) is 112 Å². The van der Waals surface area contributed by atoms with Crippen LogP contribution in [0.5, 0.6) is 11.5 Å². The Balaban J connectivity index is 1.18. The molecule has 6 unspecified atom stereocenters. The van der Waals surface area contributed by atoms with Crippen molar-refractivity contribution in [2.24, 2.45) is 35.5 Å². The predicted molar refractivity (Wildman–Crippen MR) is 139 cm³/mol. The van der Waals surface area contributed by atoms with Gasteiger partial charge in [0.15, 0.2) is 0 Å². The van der Waals surface area contributed by atoms with Crippen molar-refractivity contribution in [1.82, 2.24) is 0 Å². The van der Waals surface area contributed by atoms with E-state index < -0.39 is 0 Å². The second-order valence-corrected chi connectivity index (χ2v) is 11.5. The lowest BCUT2D eigenvalue weighted by molar-refractivity contribution is -0.124. The lowest BCUT2D eigenvalue weighted by Crippen LogP contribution is -2.35. The second kappa shape index (κ2) is 8.96. The smallest absolute Gasteiger partial charge is 0.237 e. The van der Waals surface area contributed by atoms with Crippen molar-refractivity contribution in [3.8, 4) is 11.5 Å². The van der Waals surface area contributed by atoms with Crippen molar-refractivity contribution >= 4 is 35.0 Å². The van der Waals surface area contributed by atoms with Crippen molar-refractivity contribution in [1.29, 1.82) is 0 Å². The number of nitrogens with zero attached hydrogens (tertiary/aromatic N) is 2. The molecule has 6 atom stereocenters. The van der Waals surface area contributed by atoms with E-state index in [1.807, 2.05) is 0 Å². The number of hydrogen-bond donors (Lipinski definition) is 2. The molecule has 4 aliphatic rings. The molecule has 2 saturated carbocycles. The summed E-state index contributed by atoms with van der Waals surface area (Å²) in [5.74, 6) is -1.42. The third-order valence-electron chi connectivity index (χ3n) is 9.44. The van der Waals surface area contributed by atoms with Crippen LogP contribution in [0, 0.1) is 49.4 Å². The molecule has 2 aromatic rings. The number of carbonyl (C=O) groups excluding carboxylic acids is 4. The summed E-state index contributed by atoms with van der Waals surface area (Å²) in [6, 6.07) is 9.36. The molecule has 8 nitrogen and oxygen atoms in total. The summed E-state index contributed by atoms with van der Waals surface area (Å²) < 4.78 is 0. The van der Waals surface area contributed by atoms with Gasteiger partial charge in [-0.2, -0.15) is 0 Å². The molecule has 2 saturated heterocycles. The second-order valence-electron chi connectivity index (χ2n) is 11.5. The van der Waals surface area contributed by atoms with Crippen molar-refractivity contribution in [2.45, 2.75) is 52.4 Å². The molecule has 0 bridgehead atoms. The summed E-state index contributed by atoms with van der Waals surface area (Å²) in [7, 11) is 0. The van der Waals surface area contributed by atoms with E-state index in [9.17, 15) is 29.4 Å². The SMILES string of the molecule is Cc1cc(O)ccc1N1C(=O)C2CCC(C3CCC4C(=O)N(c5ccc(O)cc5C)C(=O)C4C3)CC2C1=O. The number of imide groups is 2. The number of aryl methyl sites for hydroxylation is 2. The van der Waals surface area contributed by atoms with Gasteiger partial charge in [-0.25, -0.2) is 9.80 Å². The molecular formula is C30H32N2O6.